The maximum Gasteiger partial charge on any atom is 0.258 e. The molecule has 4 heteroatoms. The Balaban J connectivity index is 1.96. The highest BCUT2D eigenvalue weighted by Gasteiger charge is 2.49. The zero-order chi connectivity index (χ0) is 12.9. The molecule has 2 aromatic rings. The summed E-state index contributed by atoms with van der Waals surface area (Å²) in [6.45, 7) is 6.46. The minimum absolute atomic E-state index is 0.311. The van der Waals surface area contributed by atoms with Gasteiger partial charge in [-0.25, -0.2) is 0 Å². The lowest BCUT2D eigenvalue weighted by atomic mass is 10.1. The monoisotopic (exact) mass is 243 g/mol. The van der Waals surface area contributed by atoms with E-state index in [1.54, 1.807) is 0 Å². The third-order valence-electron chi connectivity index (χ3n) is 3.76. The second kappa shape index (κ2) is 3.57. The molecule has 0 amide bonds. The van der Waals surface area contributed by atoms with Crippen LogP contribution < -0.4 is 5.73 Å². The number of anilines is 1. The molecule has 1 aromatic heterocycles. The number of nitrogen functional groups attached to an aromatic ring is 1. The van der Waals surface area contributed by atoms with Gasteiger partial charge in [0.15, 0.2) is 5.82 Å². The Morgan fingerprint density at radius 3 is 2.78 bits per heavy atom. The minimum atomic E-state index is 0.311. The highest BCUT2D eigenvalue weighted by molar-refractivity contribution is 5.64. The Labute approximate surface area is 106 Å². The SMILES string of the molecule is Cc1ccc(N)cc1-c1nc(C2CC2(C)C)no1. The normalized spacial score (nSPS) is 20.9. The van der Waals surface area contributed by atoms with E-state index in [2.05, 4.69) is 24.0 Å². The van der Waals surface area contributed by atoms with Crippen LogP contribution in [-0.4, -0.2) is 10.1 Å². The highest BCUT2D eigenvalue weighted by Crippen LogP contribution is 2.57. The van der Waals surface area contributed by atoms with Gasteiger partial charge in [0.1, 0.15) is 0 Å². The second-order valence-electron chi connectivity index (χ2n) is 5.78. The molecule has 1 saturated carbocycles. The van der Waals surface area contributed by atoms with E-state index in [9.17, 15) is 0 Å². The highest BCUT2D eigenvalue weighted by atomic mass is 16.5. The van der Waals surface area contributed by atoms with Crippen LogP contribution in [0.1, 0.15) is 37.6 Å². The second-order valence-corrected chi connectivity index (χ2v) is 5.78. The van der Waals surface area contributed by atoms with E-state index in [0.29, 0.717) is 22.9 Å². The maximum atomic E-state index is 5.80. The third-order valence-corrected chi connectivity index (χ3v) is 3.76. The lowest BCUT2D eigenvalue weighted by Gasteiger charge is -2.01. The van der Waals surface area contributed by atoms with Crippen LogP contribution >= 0.6 is 0 Å². The number of benzene rings is 1. The minimum Gasteiger partial charge on any atom is -0.399 e. The Hall–Kier alpha value is -1.84. The standard InChI is InChI=1S/C14H17N3O/c1-8-4-5-9(15)6-10(8)13-16-12(17-18-13)11-7-14(11,2)3/h4-6,11H,7,15H2,1-3H3. The van der Waals surface area contributed by atoms with Crippen molar-refractivity contribution in [3.63, 3.8) is 0 Å². The topological polar surface area (TPSA) is 64.9 Å². The fourth-order valence-corrected chi connectivity index (χ4v) is 2.26. The van der Waals surface area contributed by atoms with Gasteiger partial charge in [-0.05, 0) is 36.5 Å². The summed E-state index contributed by atoms with van der Waals surface area (Å²) >= 11 is 0. The molecule has 0 radical (unpaired) electrons. The van der Waals surface area contributed by atoms with Crippen molar-refractivity contribution in [3.05, 3.63) is 29.6 Å². The molecule has 3 rings (SSSR count). The van der Waals surface area contributed by atoms with Gasteiger partial charge in [-0.1, -0.05) is 25.1 Å². The summed E-state index contributed by atoms with van der Waals surface area (Å²) < 4.78 is 5.36. The van der Waals surface area contributed by atoms with E-state index < -0.39 is 0 Å². The molecular weight excluding hydrogens is 226 g/mol. The summed E-state index contributed by atoms with van der Waals surface area (Å²) in [4.78, 5) is 4.51. The number of hydrogen-bond acceptors (Lipinski definition) is 4. The summed E-state index contributed by atoms with van der Waals surface area (Å²) in [5.41, 5.74) is 8.83. The van der Waals surface area contributed by atoms with E-state index in [1.165, 1.54) is 0 Å². The third kappa shape index (κ3) is 1.78. The van der Waals surface area contributed by atoms with E-state index in [0.717, 1.165) is 23.4 Å². The molecule has 94 valence electrons. The molecule has 0 spiro atoms. The molecule has 0 saturated heterocycles. The average Bonchev–Trinajstić information content (AvgIpc) is 2.77. The number of aromatic nitrogens is 2. The summed E-state index contributed by atoms with van der Waals surface area (Å²) in [7, 11) is 0. The van der Waals surface area contributed by atoms with Gasteiger partial charge >= 0.3 is 0 Å². The summed E-state index contributed by atoms with van der Waals surface area (Å²) in [6.07, 6.45) is 1.13. The first kappa shape index (κ1) is 11.3. The molecule has 1 aliphatic rings. The van der Waals surface area contributed by atoms with Crippen LogP contribution in [0.15, 0.2) is 22.7 Å². The molecule has 18 heavy (non-hydrogen) atoms. The maximum absolute atomic E-state index is 5.80. The Kier molecular flexibility index (Phi) is 2.24. The summed E-state index contributed by atoms with van der Waals surface area (Å²) in [5.74, 6) is 1.81. The van der Waals surface area contributed by atoms with Crippen LogP contribution in [0.2, 0.25) is 0 Å². The average molecular weight is 243 g/mol. The van der Waals surface area contributed by atoms with Crippen LogP contribution in [0.5, 0.6) is 0 Å². The Morgan fingerprint density at radius 1 is 1.39 bits per heavy atom. The first-order chi connectivity index (χ1) is 8.47. The zero-order valence-corrected chi connectivity index (χ0v) is 10.9. The van der Waals surface area contributed by atoms with Crippen molar-refractivity contribution in [1.29, 1.82) is 0 Å². The molecule has 1 aliphatic carbocycles. The molecule has 1 heterocycles. The van der Waals surface area contributed by atoms with E-state index in [-0.39, 0.29) is 0 Å². The van der Waals surface area contributed by atoms with Crippen molar-refractivity contribution in [3.8, 4) is 11.5 Å². The van der Waals surface area contributed by atoms with E-state index in [1.807, 2.05) is 25.1 Å². The van der Waals surface area contributed by atoms with Crippen LogP contribution in [-0.2, 0) is 0 Å². The smallest absolute Gasteiger partial charge is 0.258 e. The van der Waals surface area contributed by atoms with Crippen LogP contribution in [0, 0.1) is 12.3 Å². The van der Waals surface area contributed by atoms with Crippen molar-refractivity contribution < 1.29 is 4.52 Å². The quantitative estimate of drug-likeness (QED) is 0.823. The molecule has 2 N–H and O–H groups in total. The van der Waals surface area contributed by atoms with Gasteiger partial charge in [-0.3, -0.25) is 0 Å². The van der Waals surface area contributed by atoms with Crippen molar-refractivity contribution in [1.82, 2.24) is 10.1 Å². The predicted molar refractivity (Wildman–Crippen MR) is 70.0 cm³/mol. The number of rotatable bonds is 2. The molecule has 0 bridgehead atoms. The van der Waals surface area contributed by atoms with Crippen molar-refractivity contribution in [2.45, 2.75) is 33.1 Å². The molecule has 1 aromatic carbocycles. The number of nitrogens with zero attached hydrogens (tertiary/aromatic N) is 2. The van der Waals surface area contributed by atoms with Gasteiger partial charge in [0.2, 0.25) is 0 Å². The molecule has 1 unspecified atom stereocenters. The van der Waals surface area contributed by atoms with Crippen LogP contribution in [0.3, 0.4) is 0 Å². The number of aryl methyl sites for hydroxylation is 1. The number of hydrogen-bond donors (Lipinski definition) is 1. The Morgan fingerprint density at radius 2 is 2.11 bits per heavy atom. The van der Waals surface area contributed by atoms with Gasteiger partial charge < -0.3 is 10.3 Å². The lowest BCUT2D eigenvalue weighted by molar-refractivity contribution is 0.419. The van der Waals surface area contributed by atoms with Gasteiger partial charge in [0.05, 0.1) is 0 Å². The fourth-order valence-electron chi connectivity index (χ4n) is 2.26. The summed E-state index contributed by atoms with van der Waals surface area (Å²) in [6, 6.07) is 5.72. The first-order valence-corrected chi connectivity index (χ1v) is 6.17. The summed E-state index contributed by atoms with van der Waals surface area (Å²) in [5, 5.41) is 4.09. The number of nitrogens with two attached hydrogens (primary N) is 1. The molecular formula is C14H17N3O. The first-order valence-electron chi connectivity index (χ1n) is 6.17. The molecule has 1 fully saturated rings. The zero-order valence-electron chi connectivity index (χ0n) is 10.9. The largest absolute Gasteiger partial charge is 0.399 e. The lowest BCUT2D eigenvalue weighted by Crippen LogP contribution is -1.92. The van der Waals surface area contributed by atoms with Crippen LogP contribution in [0.25, 0.3) is 11.5 Å². The van der Waals surface area contributed by atoms with Gasteiger partial charge in [0.25, 0.3) is 5.89 Å². The molecule has 0 aliphatic heterocycles. The van der Waals surface area contributed by atoms with Gasteiger partial charge in [0, 0.05) is 17.2 Å². The Bertz CT molecular complexity index is 601. The predicted octanol–water partition coefficient (Wildman–Crippen LogP) is 3.14. The molecule has 4 nitrogen and oxygen atoms in total. The van der Waals surface area contributed by atoms with E-state index >= 15 is 0 Å². The fraction of sp³-hybridized carbons (Fsp3) is 0.429. The molecule has 1 atom stereocenters. The van der Waals surface area contributed by atoms with Crippen LogP contribution in [0.4, 0.5) is 5.69 Å². The van der Waals surface area contributed by atoms with Crippen molar-refractivity contribution in [2.75, 3.05) is 5.73 Å². The van der Waals surface area contributed by atoms with Gasteiger partial charge in [-0.2, -0.15) is 4.98 Å². The van der Waals surface area contributed by atoms with E-state index in [4.69, 9.17) is 10.3 Å². The van der Waals surface area contributed by atoms with Crippen molar-refractivity contribution in [2.24, 2.45) is 5.41 Å². The van der Waals surface area contributed by atoms with Gasteiger partial charge in [-0.15, -0.1) is 0 Å². The van der Waals surface area contributed by atoms with Crippen molar-refractivity contribution >= 4 is 5.69 Å².